The van der Waals surface area contributed by atoms with Gasteiger partial charge in [-0.3, -0.25) is 0 Å². The lowest BCUT2D eigenvalue weighted by Gasteiger charge is -2.30. The summed E-state index contributed by atoms with van der Waals surface area (Å²) in [4.78, 5) is 19.8. The Morgan fingerprint density at radius 2 is 2.03 bits per heavy atom. The van der Waals surface area contributed by atoms with Crippen molar-refractivity contribution in [2.75, 3.05) is 24.7 Å². The highest BCUT2D eigenvalue weighted by molar-refractivity contribution is 7.98. The van der Waals surface area contributed by atoms with Gasteiger partial charge in [-0.1, -0.05) is 38.0 Å². The molecule has 6 nitrogen and oxygen atoms in total. The number of ether oxygens (including phenoxy) is 1. The van der Waals surface area contributed by atoms with Crippen LogP contribution in [0.2, 0.25) is 0 Å². The van der Waals surface area contributed by atoms with Crippen molar-refractivity contribution in [3.63, 3.8) is 0 Å². The summed E-state index contributed by atoms with van der Waals surface area (Å²) in [6.45, 7) is 3.14. The molecule has 3 aromatic rings. The van der Waals surface area contributed by atoms with Gasteiger partial charge in [-0.05, 0) is 62.0 Å². The van der Waals surface area contributed by atoms with Gasteiger partial charge >= 0.3 is 5.97 Å². The molecule has 0 amide bonds. The number of para-hydroxylation sites is 1. The van der Waals surface area contributed by atoms with E-state index in [4.69, 9.17) is 9.84 Å². The van der Waals surface area contributed by atoms with E-state index in [2.05, 4.69) is 64.6 Å². The number of hydrogen-bond acceptors (Lipinski definition) is 7. The second kappa shape index (κ2) is 11.2. The number of benzene rings is 2. The first-order valence-corrected chi connectivity index (χ1v) is 13.3. The number of nitrogens with zero attached hydrogens (tertiary/aromatic N) is 3. The van der Waals surface area contributed by atoms with E-state index in [0.717, 1.165) is 28.4 Å². The van der Waals surface area contributed by atoms with E-state index < -0.39 is 5.97 Å². The summed E-state index contributed by atoms with van der Waals surface area (Å²) in [6, 6.07) is 18.3. The minimum atomic E-state index is -1.01. The number of fused-ring (bicyclic) bond motifs is 1. The molecule has 4 rings (SSSR count). The number of hydrogen-bond donors (Lipinski definition) is 1. The summed E-state index contributed by atoms with van der Waals surface area (Å²) in [5.41, 5.74) is 2.47. The maximum Gasteiger partial charge on any atom is 0.337 e. The van der Waals surface area contributed by atoms with Crippen LogP contribution in [0.3, 0.4) is 0 Å². The molecule has 0 saturated heterocycles. The summed E-state index contributed by atoms with van der Waals surface area (Å²) >= 11 is 3.36. The summed E-state index contributed by atoms with van der Waals surface area (Å²) < 4.78 is 8.50. The van der Waals surface area contributed by atoms with E-state index in [1.165, 1.54) is 30.8 Å². The van der Waals surface area contributed by atoms with E-state index in [9.17, 15) is 4.79 Å². The van der Waals surface area contributed by atoms with Crippen LogP contribution in [-0.2, 0) is 0 Å². The highest BCUT2D eigenvalue weighted by Gasteiger charge is 2.28. The van der Waals surface area contributed by atoms with Gasteiger partial charge in [-0.2, -0.15) is 0 Å². The number of aromatic nitrogens is 1. The Labute approximate surface area is 209 Å². The third-order valence-corrected chi connectivity index (χ3v) is 7.71. The Kier molecular flexibility index (Phi) is 8.03. The zero-order valence-electron chi connectivity index (χ0n) is 19.6. The fourth-order valence-electron chi connectivity index (χ4n) is 3.95. The number of rotatable bonds is 8. The second-order valence-electron chi connectivity index (χ2n) is 8.14. The maximum atomic E-state index is 11.1. The zero-order chi connectivity index (χ0) is 24.1. The van der Waals surface area contributed by atoms with Crippen LogP contribution >= 0.6 is 23.7 Å². The Hall–Kier alpha value is -2.68. The number of anilines is 2. The Morgan fingerprint density at radius 3 is 2.68 bits per heavy atom. The second-order valence-corrected chi connectivity index (χ2v) is 10.2. The molecule has 1 N–H and O–H groups in total. The number of pyridine rings is 1. The monoisotopic (exact) mass is 495 g/mol. The molecule has 0 bridgehead atoms. The van der Waals surface area contributed by atoms with Gasteiger partial charge < -0.3 is 14.7 Å². The molecule has 1 unspecified atom stereocenters. The molecule has 2 aromatic carbocycles. The van der Waals surface area contributed by atoms with Gasteiger partial charge in [-0.15, -0.1) is 11.8 Å². The van der Waals surface area contributed by atoms with E-state index in [1.54, 1.807) is 29.8 Å². The molecular weight excluding hydrogens is 466 g/mol. The molecule has 34 heavy (non-hydrogen) atoms. The van der Waals surface area contributed by atoms with Crippen molar-refractivity contribution in [1.82, 2.24) is 9.29 Å². The van der Waals surface area contributed by atoms with Gasteiger partial charge in [0.1, 0.15) is 5.75 Å². The van der Waals surface area contributed by atoms with Gasteiger partial charge in [-0.25, -0.2) is 14.1 Å². The predicted molar refractivity (Wildman–Crippen MR) is 140 cm³/mol. The number of likely N-dealkylation sites (N-methyl/N-ethyl adjacent to an activating group) is 1. The molecule has 1 aliphatic heterocycles. The maximum absolute atomic E-state index is 11.1. The molecule has 178 valence electrons. The largest absolute Gasteiger partial charge is 0.478 e. The summed E-state index contributed by atoms with van der Waals surface area (Å²) in [5.74, 6) is 0.0719. The van der Waals surface area contributed by atoms with E-state index in [-0.39, 0.29) is 5.56 Å². The lowest BCUT2D eigenvalue weighted by atomic mass is 10.1. The van der Waals surface area contributed by atoms with Crippen LogP contribution in [-0.4, -0.2) is 46.3 Å². The van der Waals surface area contributed by atoms with Crippen LogP contribution in [0, 0.1) is 0 Å². The first-order valence-electron chi connectivity index (χ1n) is 11.3. The summed E-state index contributed by atoms with van der Waals surface area (Å²) in [5, 5.41) is 9.13. The Bertz CT molecular complexity index is 1130. The predicted octanol–water partition coefficient (Wildman–Crippen LogP) is 6.94. The van der Waals surface area contributed by atoms with Crippen LogP contribution in [0.15, 0.2) is 70.6 Å². The average molecular weight is 496 g/mol. The van der Waals surface area contributed by atoms with Gasteiger partial charge in [0.15, 0.2) is 0 Å². The van der Waals surface area contributed by atoms with Gasteiger partial charge in [0.2, 0.25) is 5.88 Å². The van der Waals surface area contributed by atoms with Crippen molar-refractivity contribution in [3.05, 3.63) is 66.4 Å². The number of thioether (sulfide) groups is 1. The van der Waals surface area contributed by atoms with Crippen LogP contribution in [0.5, 0.6) is 11.6 Å². The highest BCUT2D eigenvalue weighted by atomic mass is 32.2. The molecular formula is C26H29N3O3S2. The molecule has 0 spiro atoms. The zero-order valence-corrected chi connectivity index (χ0v) is 21.2. The van der Waals surface area contributed by atoms with E-state index >= 15 is 0 Å². The van der Waals surface area contributed by atoms with Crippen molar-refractivity contribution >= 4 is 41.1 Å². The van der Waals surface area contributed by atoms with Gasteiger partial charge in [0.05, 0.1) is 21.0 Å². The van der Waals surface area contributed by atoms with Crippen molar-refractivity contribution in [2.24, 2.45) is 0 Å². The third kappa shape index (κ3) is 5.51. The van der Waals surface area contributed by atoms with E-state index in [0.29, 0.717) is 17.7 Å². The van der Waals surface area contributed by atoms with Crippen LogP contribution in [0.1, 0.15) is 36.5 Å². The van der Waals surface area contributed by atoms with Gasteiger partial charge in [0, 0.05) is 30.5 Å². The lowest BCUT2D eigenvalue weighted by molar-refractivity contribution is 0.0696. The third-order valence-electron chi connectivity index (χ3n) is 5.84. The van der Waals surface area contributed by atoms with Crippen molar-refractivity contribution < 1.29 is 14.6 Å². The minimum absolute atomic E-state index is 0.133. The van der Waals surface area contributed by atoms with Gasteiger partial charge in [0.25, 0.3) is 0 Å². The number of aromatic carboxylic acids is 1. The Balaban J connectivity index is 1.73. The van der Waals surface area contributed by atoms with Crippen LogP contribution in [0.4, 0.5) is 11.4 Å². The first kappa shape index (κ1) is 24.4. The quantitative estimate of drug-likeness (QED) is 0.266. The molecule has 1 aromatic heterocycles. The van der Waals surface area contributed by atoms with Crippen LogP contribution in [0.25, 0.3) is 0 Å². The number of carboxylic acid groups (broad SMARTS) is 1. The topological polar surface area (TPSA) is 65.9 Å². The number of carboxylic acids is 1. The van der Waals surface area contributed by atoms with E-state index in [1.807, 2.05) is 12.3 Å². The summed E-state index contributed by atoms with van der Waals surface area (Å²) in [6.07, 6.45) is 6.85. The SMILES string of the molecule is CCCCC1CN(c2ccccc2)c2cc(SC)c(Oc3ccc(C(=O)O)cn3)cc2SN1C. The summed E-state index contributed by atoms with van der Waals surface area (Å²) in [7, 11) is 2.17. The fraction of sp³-hybridized carbons (Fsp3) is 0.308. The van der Waals surface area contributed by atoms with Crippen molar-refractivity contribution in [2.45, 2.75) is 42.0 Å². The lowest BCUT2D eigenvalue weighted by Crippen LogP contribution is -2.35. The standard InChI is InChI=1S/C26H29N3O3S2/c1-4-5-9-20-17-29(19-10-7-6-8-11-19)21-14-24(33-3)22(15-23(21)34-28(20)2)32-25-13-12-18(16-27-25)26(30)31/h6-8,10-16,20H,4-5,9,17H2,1-3H3,(H,30,31). The highest BCUT2D eigenvalue weighted by Crippen LogP contribution is 2.46. The molecule has 0 fully saturated rings. The van der Waals surface area contributed by atoms with Crippen molar-refractivity contribution in [1.29, 1.82) is 0 Å². The average Bonchev–Trinajstić information content (AvgIpc) is 2.98. The number of carbonyl (C=O) groups is 1. The molecule has 0 saturated carbocycles. The van der Waals surface area contributed by atoms with Crippen LogP contribution < -0.4 is 9.64 Å². The molecule has 0 radical (unpaired) electrons. The molecule has 1 atom stereocenters. The number of unbranched alkanes of at least 4 members (excludes halogenated alkanes) is 1. The smallest absolute Gasteiger partial charge is 0.337 e. The molecule has 8 heteroatoms. The van der Waals surface area contributed by atoms with Crippen molar-refractivity contribution in [3.8, 4) is 11.6 Å². The molecule has 2 heterocycles. The molecule has 1 aliphatic rings. The Morgan fingerprint density at radius 1 is 1.24 bits per heavy atom. The molecule has 0 aliphatic carbocycles. The fourth-order valence-corrected chi connectivity index (χ4v) is 5.54. The normalized spacial score (nSPS) is 16.1. The first-order chi connectivity index (χ1) is 16.5. The minimum Gasteiger partial charge on any atom is -0.478 e.